The van der Waals surface area contributed by atoms with Gasteiger partial charge in [-0.15, -0.1) is 0 Å². The number of carboxylic acids is 1. The summed E-state index contributed by atoms with van der Waals surface area (Å²) in [6.07, 6.45) is 4.51. The molecule has 1 unspecified atom stereocenters. The summed E-state index contributed by atoms with van der Waals surface area (Å²) >= 11 is 0. The number of aryl methyl sites for hydroxylation is 1. The van der Waals surface area contributed by atoms with Crippen LogP contribution in [-0.4, -0.2) is 51.2 Å². The lowest BCUT2D eigenvalue weighted by atomic mass is 9.96. The van der Waals surface area contributed by atoms with E-state index in [0.717, 1.165) is 17.0 Å². The van der Waals surface area contributed by atoms with Crippen LogP contribution in [0.5, 0.6) is 0 Å². The minimum absolute atomic E-state index is 0.0148. The van der Waals surface area contributed by atoms with Crippen LogP contribution in [0, 0.1) is 19.1 Å². The lowest BCUT2D eigenvalue weighted by molar-refractivity contribution is -0.991. The Hall–Kier alpha value is -3.05. The van der Waals surface area contributed by atoms with E-state index in [0.29, 0.717) is 12.1 Å². The number of ether oxygens (including phenoxy) is 1. The Morgan fingerprint density at radius 1 is 1.30 bits per heavy atom. The number of carbonyl (C=O) groups excluding carboxylic acids is 1. The van der Waals surface area contributed by atoms with Gasteiger partial charge in [0.25, 0.3) is 0 Å². The van der Waals surface area contributed by atoms with E-state index in [2.05, 4.69) is 10.4 Å². The molecule has 0 fully saturated rings. The highest BCUT2D eigenvalue weighted by Crippen LogP contribution is 2.34. The molecule has 10 heteroatoms. The van der Waals surface area contributed by atoms with E-state index in [-0.39, 0.29) is 30.2 Å². The minimum Gasteiger partial charge on any atom is -0.595 e. The van der Waals surface area contributed by atoms with E-state index in [9.17, 15) is 20.0 Å². The molecule has 30 heavy (non-hydrogen) atoms. The van der Waals surface area contributed by atoms with Gasteiger partial charge in [0.05, 0.1) is 5.69 Å². The number of hydrogen-bond acceptors (Lipinski definition) is 6. The third-order valence-corrected chi connectivity index (χ3v) is 4.97. The number of nitrogens with one attached hydrogen (secondary N) is 2. The Morgan fingerprint density at radius 2 is 2.03 bits per heavy atom. The Balaban J connectivity index is 1.72. The highest BCUT2D eigenvalue weighted by molar-refractivity contribution is 5.78. The molecule has 0 bridgehead atoms. The molecule has 1 heterocycles. The fraction of sp³-hybridized carbons (Fsp3) is 0.350. The summed E-state index contributed by atoms with van der Waals surface area (Å²) in [5, 5.41) is 36.0. The normalized spacial score (nSPS) is 19.1. The molecule has 1 amide bonds. The Labute approximate surface area is 172 Å². The number of para-hydroxylation sites is 2. The van der Waals surface area contributed by atoms with Crippen molar-refractivity contribution in [2.24, 2.45) is 0 Å². The van der Waals surface area contributed by atoms with Crippen molar-refractivity contribution in [3.63, 3.8) is 0 Å². The number of carbonyl (C=O) groups is 2. The monoisotopic (exact) mass is 416 g/mol. The number of hydrogen-bond donors (Lipinski definition) is 4. The van der Waals surface area contributed by atoms with Gasteiger partial charge in [0.1, 0.15) is 18.9 Å². The van der Waals surface area contributed by atoms with Crippen molar-refractivity contribution in [2.75, 3.05) is 13.2 Å². The van der Waals surface area contributed by atoms with E-state index in [1.165, 1.54) is 0 Å². The molecule has 0 saturated heterocycles. The van der Waals surface area contributed by atoms with E-state index in [1.807, 2.05) is 26.0 Å². The van der Waals surface area contributed by atoms with Crippen LogP contribution in [0.3, 0.4) is 0 Å². The van der Waals surface area contributed by atoms with Gasteiger partial charge in [-0.25, -0.2) is 14.7 Å². The number of nitrogens with zero attached hydrogens (tertiary/aromatic N) is 2. The number of amides is 1. The Bertz CT molecular complexity index is 968. The van der Waals surface area contributed by atoms with Crippen LogP contribution in [0.2, 0.25) is 0 Å². The first-order valence-corrected chi connectivity index (χ1v) is 9.44. The number of benzene rings is 1. The second kappa shape index (κ2) is 9.18. The number of aromatic nitrogens is 2. The van der Waals surface area contributed by atoms with Gasteiger partial charge in [-0.3, -0.25) is 4.79 Å². The van der Waals surface area contributed by atoms with Gasteiger partial charge < -0.3 is 20.4 Å². The summed E-state index contributed by atoms with van der Waals surface area (Å²) in [7, 11) is 0. The summed E-state index contributed by atoms with van der Waals surface area (Å²) in [5.41, 5.74) is 3.29. The Morgan fingerprint density at radius 3 is 2.73 bits per heavy atom. The molecule has 4 N–H and O–H groups in total. The molecule has 0 aliphatic heterocycles. The summed E-state index contributed by atoms with van der Waals surface area (Å²) in [6.45, 7) is 2.93. The zero-order valence-electron chi connectivity index (χ0n) is 16.7. The van der Waals surface area contributed by atoms with Crippen LogP contribution in [0.1, 0.15) is 29.3 Å². The fourth-order valence-corrected chi connectivity index (χ4v) is 3.76. The molecule has 0 radical (unpaired) electrons. The molecule has 10 nitrogen and oxygen atoms in total. The summed E-state index contributed by atoms with van der Waals surface area (Å²) in [5.74, 6) is -1.50. The molecule has 0 spiro atoms. The van der Waals surface area contributed by atoms with Gasteiger partial charge in [0, 0.05) is 29.3 Å². The first kappa shape index (κ1) is 21.7. The highest BCUT2D eigenvalue weighted by atomic mass is 16.8. The van der Waals surface area contributed by atoms with Crippen molar-refractivity contribution >= 4 is 17.6 Å². The van der Waals surface area contributed by atoms with Crippen molar-refractivity contribution in [3.8, 4) is 5.69 Å². The van der Waals surface area contributed by atoms with Gasteiger partial charge in [0.2, 0.25) is 5.91 Å². The van der Waals surface area contributed by atoms with Gasteiger partial charge in [0.15, 0.2) is 5.69 Å². The van der Waals surface area contributed by atoms with E-state index >= 15 is 0 Å². The second-order valence-electron chi connectivity index (χ2n) is 7.11. The van der Waals surface area contributed by atoms with E-state index in [1.54, 1.807) is 28.9 Å². The molecule has 0 saturated carbocycles. The number of aliphatic carboxylic acids is 1. The lowest BCUT2D eigenvalue weighted by Crippen LogP contribution is -2.99. The highest BCUT2D eigenvalue weighted by Gasteiger charge is 2.27. The van der Waals surface area contributed by atoms with Gasteiger partial charge in [-0.1, -0.05) is 24.3 Å². The SMILES string of the molecule is Cc1nn(-c2ccccc2[NH+]([O-])O)c(C)c1[C@H]1C=C[C@@H](NC(=O)COCC(=O)O)C1. The molecule has 3 rings (SSSR count). The van der Waals surface area contributed by atoms with Crippen molar-refractivity contribution in [1.29, 1.82) is 0 Å². The van der Waals surface area contributed by atoms with Crippen molar-refractivity contribution in [1.82, 2.24) is 15.1 Å². The largest absolute Gasteiger partial charge is 0.595 e. The van der Waals surface area contributed by atoms with Gasteiger partial charge in [-0.2, -0.15) is 10.3 Å². The van der Waals surface area contributed by atoms with Crippen LogP contribution in [0.4, 0.5) is 5.69 Å². The van der Waals surface area contributed by atoms with Gasteiger partial charge in [-0.05, 0) is 26.3 Å². The molecule has 1 aliphatic rings. The van der Waals surface area contributed by atoms with Crippen molar-refractivity contribution < 1.29 is 29.9 Å². The van der Waals surface area contributed by atoms with E-state index in [4.69, 9.17) is 9.84 Å². The second-order valence-corrected chi connectivity index (χ2v) is 7.11. The molecular formula is C20H24N4O6. The maximum atomic E-state index is 11.9. The molecule has 160 valence electrons. The smallest absolute Gasteiger partial charge is 0.329 e. The van der Waals surface area contributed by atoms with Crippen LogP contribution >= 0.6 is 0 Å². The topological polar surface area (TPSA) is 141 Å². The third kappa shape index (κ3) is 4.74. The number of allylic oxidation sites excluding steroid dienone is 1. The molecule has 2 aromatic rings. The number of quaternary nitrogens is 1. The summed E-state index contributed by atoms with van der Waals surface area (Å²) in [6, 6.07) is 6.50. The average Bonchev–Trinajstić information content (AvgIpc) is 3.24. The molecule has 1 aromatic heterocycles. The first-order valence-electron chi connectivity index (χ1n) is 9.44. The quantitative estimate of drug-likeness (QED) is 0.363. The maximum Gasteiger partial charge on any atom is 0.329 e. The average molecular weight is 416 g/mol. The zero-order chi connectivity index (χ0) is 21.8. The minimum atomic E-state index is -1.13. The van der Waals surface area contributed by atoms with E-state index < -0.39 is 17.8 Å². The van der Waals surface area contributed by atoms with Crippen LogP contribution in [0.15, 0.2) is 36.4 Å². The predicted molar refractivity (Wildman–Crippen MR) is 106 cm³/mol. The van der Waals surface area contributed by atoms with Crippen molar-refractivity contribution in [2.45, 2.75) is 32.2 Å². The summed E-state index contributed by atoms with van der Waals surface area (Å²) < 4.78 is 6.45. The predicted octanol–water partition coefficient (Wildman–Crippen LogP) is 0.522. The third-order valence-electron chi connectivity index (χ3n) is 4.97. The fourth-order valence-electron chi connectivity index (χ4n) is 3.76. The molecular weight excluding hydrogens is 392 g/mol. The van der Waals surface area contributed by atoms with Gasteiger partial charge >= 0.3 is 5.97 Å². The van der Waals surface area contributed by atoms with Crippen LogP contribution in [-0.2, 0) is 14.3 Å². The molecule has 1 aliphatic carbocycles. The van der Waals surface area contributed by atoms with Crippen LogP contribution in [0.25, 0.3) is 5.69 Å². The first-order chi connectivity index (χ1) is 14.3. The maximum absolute atomic E-state index is 11.9. The number of carboxylic acid groups (broad SMARTS) is 1. The zero-order valence-corrected chi connectivity index (χ0v) is 16.7. The van der Waals surface area contributed by atoms with Crippen molar-refractivity contribution in [3.05, 3.63) is 58.6 Å². The molecule has 1 aromatic carbocycles. The standard InChI is InChI=1S/C20H24N4O6/c1-12-20(13(2)23(22-12)16-5-3-4-6-17(16)24(28)29)14-7-8-15(9-14)21-18(25)10-30-11-19(26)27/h3-8,14-15,24,28H,9-11H2,1-2H3,(H,21,25)(H,26,27)/t14-,15+/m0/s1. The summed E-state index contributed by atoms with van der Waals surface area (Å²) in [4.78, 5) is 22.4. The van der Waals surface area contributed by atoms with Crippen LogP contribution < -0.4 is 10.5 Å². The molecule has 3 atom stereocenters. The number of rotatable bonds is 8. The lowest BCUT2D eigenvalue weighted by Gasteiger charge is -2.17. The Kier molecular flexibility index (Phi) is 6.63.